The second-order valence-electron chi connectivity index (χ2n) is 6.28. The molecular weight excluding hydrogens is 453 g/mol. The maximum atomic E-state index is 13.6. The fourth-order valence-electron chi connectivity index (χ4n) is 2.87. The lowest BCUT2D eigenvalue weighted by molar-refractivity contribution is -0.137. The van der Waals surface area contributed by atoms with Gasteiger partial charge in [0, 0.05) is 18.5 Å². The van der Waals surface area contributed by atoms with Crippen LogP contribution in [0.3, 0.4) is 0 Å². The summed E-state index contributed by atoms with van der Waals surface area (Å²) in [7, 11) is 0. The zero-order valence-corrected chi connectivity index (χ0v) is 15.8. The summed E-state index contributed by atoms with van der Waals surface area (Å²) < 4.78 is 57.5. The molecule has 1 aromatic carbocycles. The van der Waals surface area contributed by atoms with Crippen molar-refractivity contribution < 1.29 is 22.3 Å². The zero-order chi connectivity index (χ0) is 17.4. The van der Waals surface area contributed by atoms with Crippen LogP contribution in [0.1, 0.15) is 24.0 Å². The van der Waals surface area contributed by atoms with E-state index in [4.69, 9.17) is 10.5 Å². The van der Waals surface area contributed by atoms with Gasteiger partial charge in [0.25, 0.3) is 0 Å². The quantitative estimate of drug-likeness (QED) is 0.318. The summed E-state index contributed by atoms with van der Waals surface area (Å²) in [4.78, 5) is 6.22. The molecule has 140 valence electrons. The van der Waals surface area contributed by atoms with Crippen molar-refractivity contribution in [3.8, 4) is 0 Å². The first kappa shape index (κ1) is 20.2. The van der Waals surface area contributed by atoms with E-state index in [2.05, 4.69) is 4.99 Å². The number of halogens is 5. The maximum Gasteiger partial charge on any atom is 0.416 e. The van der Waals surface area contributed by atoms with Gasteiger partial charge in [0.1, 0.15) is 5.82 Å². The lowest BCUT2D eigenvalue weighted by Crippen LogP contribution is -2.45. The Kier molecular flexibility index (Phi) is 6.18. The Bertz CT molecular complexity index is 641. The molecular formula is C16H20F4IN3O. The lowest BCUT2D eigenvalue weighted by atomic mass is 9.94. The highest BCUT2D eigenvalue weighted by Crippen LogP contribution is 2.49. The molecule has 3 rings (SSSR count). The smallest absolute Gasteiger partial charge is 0.378 e. The Hall–Kier alpha value is -1.10. The van der Waals surface area contributed by atoms with Gasteiger partial charge in [-0.15, -0.1) is 24.0 Å². The minimum absolute atomic E-state index is 0. The number of alkyl halides is 3. The Morgan fingerprint density at radius 3 is 2.40 bits per heavy atom. The molecule has 0 amide bonds. The van der Waals surface area contributed by atoms with E-state index in [1.165, 1.54) is 6.07 Å². The maximum absolute atomic E-state index is 13.6. The molecule has 1 aromatic rings. The van der Waals surface area contributed by atoms with E-state index >= 15 is 0 Å². The highest BCUT2D eigenvalue weighted by atomic mass is 127. The van der Waals surface area contributed by atoms with Gasteiger partial charge >= 0.3 is 6.18 Å². The van der Waals surface area contributed by atoms with Crippen LogP contribution in [0.4, 0.5) is 17.6 Å². The first-order valence-corrected chi connectivity index (χ1v) is 7.81. The fraction of sp³-hybridized carbons (Fsp3) is 0.562. The molecule has 2 fully saturated rings. The standard InChI is InChI=1S/C16H19F4N3O.HI/c17-13-8-11(7-12(9-13)16(18,19)20)15(1-2-15)10-22-14(21)23-3-5-24-6-4-23;/h7-9H,1-6,10H2,(H2,21,22);1H. The third-order valence-corrected chi connectivity index (χ3v) is 4.57. The Labute approximate surface area is 160 Å². The minimum Gasteiger partial charge on any atom is -0.378 e. The third kappa shape index (κ3) is 4.75. The average molecular weight is 473 g/mol. The lowest BCUT2D eigenvalue weighted by Gasteiger charge is -2.28. The van der Waals surface area contributed by atoms with E-state index in [-0.39, 0.29) is 30.5 Å². The summed E-state index contributed by atoms with van der Waals surface area (Å²) >= 11 is 0. The van der Waals surface area contributed by atoms with Gasteiger partial charge in [0.05, 0.1) is 25.3 Å². The second-order valence-corrected chi connectivity index (χ2v) is 6.28. The van der Waals surface area contributed by atoms with Crippen molar-refractivity contribution in [2.24, 2.45) is 10.7 Å². The van der Waals surface area contributed by atoms with E-state index in [0.29, 0.717) is 56.7 Å². The number of hydrogen-bond acceptors (Lipinski definition) is 2. The summed E-state index contributed by atoms with van der Waals surface area (Å²) in [5, 5.41) is 0. The molecule has 0 unspecified atom stereocenters. The van der Waals surface area contributed by atoms with Crippen LogP contribution in [-0.2, 0) is 16.3 Å². The van der Waals surface area contributed by atoms with Crippen LogP contribution in [-0.4, -0.2) is 43.7 Å². The van der Waals surface area contributed by atoms with Gasteiger partial charge < -0.3 is 15.4 Å². The van der Waals surface area contributed by atoms with E-state index in [0.717, 1.165) is 6.07 Å². The molecule has 0 atom stereocenters. The van der Waals surface area contributed by atoms with Gasteiger partial charge in [0.15, 0.2) is 5.96 Å². The van der Waals surface area contributed by atoms with Crippen molar-refractivity contribution in [2.45, 2.75) is 24.4 Å². The van der Waals surface area contributed by atoms with Gasteiger partial charge in [-0.25, -0.2) is 4.39 Å². The van der Waals surface area contributed by atoms with E-state index < -0.39 is 23.0 Å². The van der Waals surface area contributed by atoms with Crippen molar-refractivity contribution in [2.75, 3.05) is 32.8 Å². The highest BCUT2D eigenvalue weighted by Gasteiger charge is 2.45. The fourth-order valence-corrected chi connectivity index (χ4v) is 2.87. The molecule has 1 heterocycles. The van der Waals surface area contributed by atoms with Crippen molar-refractivity contribution in [3.63, 3.8) is 0 Å². The molecule has 1 saturated carbocycles. The zero-order valence-electron chi connectivity index (χ0n) is 13.5. The van der Waals surface area contributed by atoms with Gasteiger partial charge in [0.2, 0.25) is 0 Å². The molecule has 0 aromatic heterocycles. The summed E-state index contributed by atoms with van der Waals surface area (Å²) in [6.07, 6.45) is -3.22. The minimum atomic E-state index is -4.57. The molecule has 25 heavy (non-hydrogen) atoms. The molecule has 2 aliphatic rings. The number of rotatable bonds is 3. The Balaban J connectivity index is 0.00000225. The van der Waals surface area contributed by atoms with Crippen LogP contribution < -0.4 is 5.73 Å². The van der Waals surface area contributed by atoms with E-state index in [9.17, 15) is 17.6 Å². The van der Waals surface area contributed by atoms with Crippen molar-refractivity contribution in [1.82, 2.24) is 4.90 Å². The van der Waals surface area contributed by atoms with Crippen LogP contribution in [0, 0.1) is 5.82 Å². The number of aliphatic imine (C=N–C) groups is 1. The molecule has 1 saturated heterocycles. The van der Waals surface area contributed by atoms with Gasteiger partial charge in [-0.1, -0.05) is 0 Å². The van der Waals surface area contributed by atoms with Gasteiger partial charge in [-0.3, -0.25) is 4.99 Å². The van der Waals surface area contributed by atoms with Crippen LogP contribution >= 0.6 is 24.0 Å². The first-order chi connectivity index (χ1) is 11.3. The summed E-state index contributed by atoms with van der Waals surface area (Å²) in [6, 6.07) is 2.71. The van der Waals surface area contributed by atoms with Gasteiger partial charge in [-0.2, -0.15) is 13.2 Å². The number of ether oxygens (including phenoxy) is 1. The number of hydrogen-bond donors (Lipinski definition) is 1. The normalized spacial score (nSPS) is 20.2. The summed E-state index contributed by atoms with van der Waals surface area (Å²) in [5.41, 5.74) is 4.79. The number of nitrogens with zero attached hydrogens (tertiary/aromatic N) is 2. The molecule has 0 bridgehead atoms. The van der Waals surface area contributed by atoms with Crippen molar-refractivity contribution >= 4 is 29.9 Å². The van der Waals surface area contributed by atoms with Crippen LogP contribution in [0.15, 0.2) is 23.2 Å². The van der Waals surface area contributed by atoms with Crippen molar-refractivity contribution in [3.05, 3.63) is 35.1 Å². The molecule has 4 nitrogen and oxygen atoms in total. The SMILES string of the molecule is I.NC(=NCC1(c2cc(F)cc(C(F)(F)F)c2)CC1)N1CCOCC1. The van der Waals surface area contributed by atoms with E-state index in [1.54, 1.807) is 0 Å². The average Bonchev–Trinajstić information content (AvgIpc) is 3.33. The van der Waals surface area contributed by atoms with Crippen molar-refractivity contribution in [1.29, 1.82) is 0 Å². The molecule has 2 N–H and O–H groups in total. The topological polar surface area (TPSA) is 50.8 Å². The summed E-state index contributed by atoms with van der Waals surface area (Å²) in [6.45, 7) is 2.68. The van der Waals surface area contributed by atoms with E-state index in [1.807, 2.05) is 4.90 Å². The Morgan fingerprint density at radius 1 is 1.20 bits per heavy atom. The Morgan fingerprint density at radius 2 is 1.84 bits per heavy atom. The van der Waals surface area contributed by atoms with Gasteiger partial charge in [-0.05, 0) is 36.6 Å². The first-order valence-electron chi connectivity index (χ1n) is 7.81. The monoisotopic (exact) mass is 473 g/mol. The third-order valence-electron chi connectivity index (χ3n) is 4.57. The number of morpholine rings is 1. The predicted octanol–water partition coefficient (Wildman–Crippen LogP) is 3.14. The molecule has 9 heteroatoms. The van der Waals surface area contributed by atoms with Crippen LogP contribution in [0.25, 0.3) is 0 Å². The number of nitrogens with two attached hydrogens (primary N) is 1. The number of guanidine groups is 1. The molecule has 0 spiro atoms. The molecule has 1 aliphatic carbocycles. The van der Waals surface area contributed by atoms with Crippen LogP contribution in [0.5, 0.6) is 0 Å². The molecule has 1 aliphatic heterocycles. The van der Waals surface area contributed by atoms with Crippen LogP contribution in [0.2, 0.25) is 0 Å². The molecule has 0 radical (unpaired) electrons. The number of benzene rings is 1. The summed E-state index contributed by atoms with van der Waals surface area (Å²) in [5.74, 6) is -0.520. The predicted molar refractivity (Wildman–Crippen MR) is 96.6 cm³/mol. The largest absolute Gasteiger partial charge is 0.416 e. The second kappa shape index (κ2) is 7.65. The highest BCUT2D eigenvalue weighted by molar-refractivity contribution is 14.0.